The first-order valence-corrected chi connectivity index (χ1v) is 11.0. The van der Waals surface area contributed by atoms with Crippen LogP contribution in [-0.2, 0) is 24.8 Å². The molecule has 1 atom stereocenters. The fourth-order valence-corrected chi connectivity index (χ4v) is 4.84. The van der Waals surface area contributed by atoms with E-state index in [4.69, 9.17) is 0 Å². The van der Waals surface area contributed by atoms with Crippen molar-refractivity contribution in [2.75, 3.05) is 24.5 Å². The quantitative estimate of drug-likeness (QED) is 0.673. The number of aliphatic carboxylic acids is 1. The minimum absolute atomic E-state index is 0.0966. The number of aromatic nitrogens is 2. The molecule has 0 bridgehead atoms. The summed E-state index contributed by atoms with van der Waals surface area (Å²) < 4.78 is 1.73. The highest BCUT2D eigenvalue weighted by molar-refractivity contribution is 6.06. The van der Waals surface area contributed by atoms with Crippen molar-refractivity contribution in [1.82, 2.24) is 14.7 Å². The van der Waals surface area contributed by atoms with Crippen LogP contribution in [0.4, 0.5) is 5.69 Å². The van der Waals surface area contributed by atoms with Crippen molar-refractivity contribution >= 4 is 17.6 Å². The number of nitrogens with zero attached hydrogens (tertiary/aromatic N) is 4. The van der Waals surface area contributed by atoms with Crippen LogP contribution in [0.1, 0.15) is 28.2 Å². The van der Waals surface area contributed by atoms with Crippen molar-refractivity contribution in [3.8, 4) is 11.1 Å². The van der Waals surface area contributed by atoms with E-state index in [1.54, 1.807) is 4.68 Å². The van der Waals surface area contributed by atoms with E-state index in [2.05, 4.69) is 28.2 Å². The van der Waals surface area contributed by atoms with E-state index in [9.17, 15) is 14.7 Å². The Morgan fingerprint density at radius 1 is 1.09 bits per heavy atom. The first-order valence-electron chi connectivity index (χ1n) is 11.0. The second-order valence-electron chi connectivity index (χ2n) is 8.58. The number of hydrogen-bond donors (Lipinski definition) is 1. The van der Waals surface area contributed by atoms with E-state index in [1.807, 2.05) is 48.3 Å². The van der Waals surface area contributed by atoms with Gasteiger partial charge >= 0.3 is 5.97 Å². The molecule has 1 aromatic heterocycles. The Morgan fingerprint density at radius 3 is 2.66 bits per heavy atom. The van der Waals surface area contributed by atoms with Crippen molar-refractivity contribution in [3.05, 3.63) is 71.5 Å². The van der Waals surface area contributed by atoms with E-state index in [0.717, 1.165) is 29.9 Å². The lowest BCUT2D eigenvalue weighted by atomic mass is 9.98. The molecule has 2 aliphatic heterocycles. The Balaban J connectivity index is 1.36. The van der Waals surface area contributed by atoms with E-state index in [-0.39, 0.29) is 11.8 Å². The molecule has 0 unspecified atom stereocenters. The fraction of sp³-hybridized carbons (Fsp3) is 0.320. The molecular weight excluding hydrogens is 404 g/mol. The highest BCUT2D eigenvalue weighted by atomic mass is 16.4. The number of anilines is 1. The number of likely N-dealkylation sites (tertiary alicyclic amines) is 1. The summed E-state index contributed by atoms with van der Waals surface area (Å²) in [4.78, 5) is 28.5. The number of amides is 1. The minimum Gasteiger partial charge on any atom is -0.481 e. The number of rotatable bonds is 5. The number of aryl methyl sites for hydroxylation is 1. The number of benzene rings is 2. The van der Waals surface area contributed by atoms with Gasteiger partial charge in [0, 0.05) is 32.4 Å². The lowest BCUT2D eigenvalue weighted by Gasteiger charge is -2.16. The van der Waals surface area contributed by atoms with Gasteiger partial charge in [0.1, 0.15) is 0 Å². The van der Waals surface area contributed by atoms with Crippen LogP contribution >= 0.6 is 0 Å². The Bertz CT molecular complexity index is 1170. The second-order valence-corrected chi connectivity index (χ2v) is 8.58. The van der Waals surface area contributed by atoms with Gasteiger partial charge < -0.3 is 10.0 Å². The standard InChI is InChI=1S/C25H26N4O3/c1-27-19(16-28-12-10-18(15-28)25(31)32)14-22(26-27)24(30)29-13-11-21-20(8-5-9-23(21)29)17-6-3-2-4-7-17/h2-9,14,18H,10-13,15-16H2,1H3,(H,31,32)/t18-/m0/s1. The van der Waals surface area contributed by atoms with Crippen molar-refractivity contribution in [2.45, 2.75) is 19.4 Å². The van der Waals surface area contributed by atoms with Crippen LogP contribution in [0.15, 0.2) is 54.6 Å². The summed E-state index contributed by atoms with van der Waals surface area (Å²) in [6.45, 7) is 2.50. The summed E-state index contributed by atoms with van der Waals surface area (Å²) >= 11 is 0. The van der Waals surface area contributed by atoms with Gasteiger partial charge in [-0.25, -0.2) is 0 Å². The van der Waals surface area contributed by atoms with E-state index in [0.29, 0.717) is 31.7 Å². The van der Waals surface area contributed by atoms with Gasteiger partial charge in [0.2, 0.25) is 0 Å². The second kappa shape index (κ2) is 8.24. The van der Waals surface area contributed by atoms with Crippen LogP contribution in [0.2, 0.25) is 0 Å². The van der Waals surface area contributed by atoms with Crippen LogP contribution in [0.5, 0.6) is 0 Å². The molecule has 2 aromatic carbocycles. The summed E-state index contributed by atoms with van der Waals surface area (Å²) in [7, 11) is 1.84. The predicted octanol–water partition coefficient (Wildman–Crippen LogP) is 3.20. The lowest BCUT2D eigenvalue weighted by molar-refractivity contribution is -0.141. The number of carboxylic acid groups (broad SMARTS) is 1. The zero-order valence-corrected chi connectivity index (χ0v) is 18.1. The molecular formula is C25H26N4O3. The molecule has 1 fully saturated rings. The third kappa shape index (κ3) is 3.69. The largest absolute Gasteiger partial charge is 0.481 e. The van der Waals surface area contributed by atoms with Crippen LogP contribution < -0.4 is 4.90 Å². The van der Waals surface area contributed by atoms with Crippen LogP contribution in [0, 0.1) is 5.92 Å². The maximum absolute atomic E-state index is 13.4. The van der Waals surface area contributed by atoms with Gasteiger partial charge in [-0.3, -0.25) is 19.2 Å². The summed E-state index contributed by atoms with van der Waals surface area (Å²) in [5, 5.41) is 13.7. The highest BCUT2D eigenvalue weighted by Crippen LogP contribution is 2.36. The maximum atomic E-state index is 13.4. The summed E-state index contributed by atoms with van der Waals surface area (Å²) in [6, 6.07) is 18.2. The van der Waals surface area contributed by atoms with Gasteiger partial charge in [0.05, 0.1) is 11.6 Å². The SMILES string of the molecule is Cn1nc(C(=O)N2CCc3c(-c4ccccc4)cccc32)cc1CN1CC[C@H](C(=O)O)C1. The number of hydrogen-bond acceptors (Lipinski definition) is 4. The van der Waals surface area contributed by atoms with Crippen molar-refractivity contribution < 1.29 is 14.7 Å². The molecule has 2 aliphatic rings. The first-order chi connectivity index (χ1) is 15.5. The summed E-state index contributed by atoms with van der Waals surface area (Å²) in [5.74, 6) is -1.15. The zero-order chi connectivity index (χ0) is 22.2. The molecule has 0 spiro atoms. The Morgan fingerprint density at radius 2 is 1.91 bits per heavy atom. The number of carboxylic acids is 1. The minimum atomic E-state index is -0.740. The molecule has 0 saturated carbocycles. The van der Waals surface area contributed by atoms with Crippen molar-refractivity contribution in [2.24, 2.45) is 13.0 Å². The van der Waals surface area contributed by atoms with E-state index < -0.39 is 5.97 Å². The lowest BCUT2D eigenvalue weighted by Crippen LogP contribution is -2.29. The number of carbonyl (C=O) groups excluding carboxylic acids is 1. The van der Waals surface area contributed by atoms with Gasteiger partial charge in [-0.1, -0.05) is 42.5 Å². The van der Waals surface area contributed by atoms with E-state index >= 15 is 0 Å². The molecule has 3 heterocycles. The first kappa shape index (κ1) is 20.5. The molecule has 1 saturated heterocycles. The van der Waals surface area contributed by atoms with Gasteiger partial charge in [0.15, 0.2) is 5.69 Å². The molecule has 32 heavy (non-hydrogen) atoms. The normalized spacial score (nSPS) is 18.2. The van der Waals surface area contributed by atoms with E-state index in [1.165, 1.54) is 11.1 Å². The van der Waals surface area contributed by atoms with Crippen LogP contribution in [0.3, 0.4) is 0 Å². The maximum Gasteiger partial charge on any atom is 0.307 e. The average Bonchev–Trinajstić information content (AvgIpc) is 3.53. The van der Waals surface area contributed by atoms with Crippen molar-refractivity contribution in [3.63, 3.8) is 0 Å². The molecule has 5 rings (SSSR count). The molecule has 0 radical (unpaired) electrons. The molecule has 1 N–H and O–H groups in total. The molecule has 7 nitrogen and oxygen atoms in total. The Hall–Kier alpha value is -3.45. The molecule has 164 valence electrons. The molecule has 3 aromatic rings. The summed E-state index contributed by atoms with van der Waals surface area (Å²) in [6.07, 6.45) is 1.48. The van der Waals surface area contributed by atoms with Gasteiger partial charge in [-0.15, -0.1) is 0 Å². The topological polar surface area (TPSA) is 78.7 Å². The molecule has 1 amide bonds. The average molecular weight is 431 g/mol. The Labute approximate surface area is 186 Å². The fourth-order valence-electron chi connectivity index (χ4n) is 4.84. The number of carbonyl (C=O) groups is 2. The predicted molar refractivity (Wildman–Crippen MR) is 121 cm³/mol. The van der Waals surface area contributed by atoms with Crippen LogP contribution in [-0.4, -0.2) is 51.3 Å². The zero-order valence-electron chi connectivity index (χ0n) is 18.1. The van der Waals surface area contributed by atoms with Crippen LogP contribution in [0.25, 0.3) is 11.1 Å². The Kier molecular flexibility index (Phi) is 5.27. The van der Waals surface area contributed by atoms with Gasteiger partial charge in [-0.2, -0.15) is 5.10 Å². The molecule has 7 heteroatoms. The molecule has 0 aliphatic carbocycles. The smallest absolute Gasteiger partial charge is 0.307 e. The third-order valence-electron chi connectivity index (χ3n) is 6.56. The van der Waals surface area contributed by atoms with Gasteiger partial charge in [-0.05, 0) is 48.2 Å². The van der Waals surface area contributed by atoms with Gasteiger partial charge in [0.25, 0.3) is 5.91 Å². The highest BCUT2D eigenvalue weighted by Gasteiger charge is 2.31. The third-order valence-corrected chi connectivity index (χ3v) is 6.56. The summed E-state index contributed by atoms with van der Waals surface area (Å²) in [5.41, 5.74) is 5.81. The number of fused-ring (bicyclic) bond motifs is 1. The monoisotopic (exact) mass is 430 g/mol. The van der Waals surface area contributed by atoms with Crippen molar-refractivity contribution in [1.29, 1.82) is 0 Å².